The molecular weight excluding hydrogens is 232 g/mol. The first-order valence-corrected chi connectivity index (χ1v) is 4.95. The second kappa shape index (κ2) is 14.4. The van der Waals surface area contributed by atoms with Crippen LogP contribution in [-0.4, -0.2) is 45.9 Å². The SMILES string of the molecule is CC(=O)OC(C)C(=O)O.CCC(=O)O.CCO. The summed E-state index contributed by atoms with van der Waals surface area (Å²) in [6.45, 7) is 5.99. The van der Waals surface area contributed by atoms with Gasteiger partial charge in [0.15, 0.2) is 6.10 Å². The van der Waals surface area contributed by atoms with E-state index in [4.69, 9.17) is 15.3 Å². The molecule has 0 saturated heterocycles. The number of carboxylic acids is 2. The van der Waals surface area contributed by atoms with Crippen LogP contribution in [0.15, 0.2) is 0 Å². The molecule has 1 unspecified atom stereocenters. The van der Waals surface area contributed by atoms with E-state index in [1.807, 2.05) is 0 Å². The number of carboxylic acid groups (broad SMARTS) is 2. The van der Waals surface area contributed by atoms with Gasteiger partial charge in [-0.05, 0) is 13.8 Å². The molecule has 17 heavy (non-hydrogen) atoms. The summed E-state index contributed by atoms with van der Waals surface area (Å²) >= 11 is 0. The summed E-state index contributed by atoms with van der Waals surface area (Å²) in [6, 6.07) is 0. The number of aliphatic hydroxyl groups is 1. The second-order valence-electron chi connectivity index (χ2n) is 2.65. The first-order chi connectivity index (χ1) is 7.72. The number of aliphatic carboxylic acids is 2. The van der Waals surface area contributed by atoms with Gasteiger partial charge in [0.25, 0.3) is 0 Å². The second-order valence-corrected chi connectivity index (χ2v) is 2.65. The Labute approximate surface area is 100 Å². The molecule has 102 valence electrons. The summed E-state index contributed by atoms with van der Waals surface area (Å²) in [5, 5.41) is 23.4. The lowest BCUT2D eigenvalue weighted by atomic mass is 10.4. The van der Waals surface area contributed by atoms with Crippen LogP contribution in [-0.2, 0) is 19.1 Å². The van der Waals surface area contributed by atoms with Gasteiger partial charge >= 0.3 is 17.9 Å². The largest absolute Gasteiger partial charge is 0.481 e. The fourth-order valence-electron chi connectivity index (χ4n) is 0.299. The summed E-state index contributed by atoms with van der Waals surface area (Å²) in [7, 11) is 0. The first-order valence-electron chi connectivity index (χ1n) is 4.95. The van der Waals surface area contributed by atoms with Crippen molar-refractivity contribution in [1.29, 1.82) is 0 Å². The number of carbonyl (C=O) groups excluding carboxylic acids is 1. The summed E-state index contributed by atoms with van der Waals surface area (Å²) in [5.41, 5.74) is 0. The monoisotopic (exact) mass is 252 g/mol. The molecule has 0 bridgehead atoms. The average Bonchev–Trinajstić information content (AvgIpc) is 2.18. The molecule has 0 aliphatic carbocycles. The standard InChI is InChI=1S/C5H8O4.C3H6O2.C2H6O/c1-3(5(7)8)9-4(2)6;1-2-3(4)5;1-2-3/h3H,1-2H3,(H,7,8);2H2,1H3,(H,4,5);3H,2H2,1H3. The molecule has 7 heteroatoms. The molecule has 0 heterocycles. The zero-order valence-electron chi connectivity index (χ0n) is 10.5. The summed E-state index contributed by atoms with van der Waals surface area (Å²) in [6.07, 6.45) is -0.817. The average molecular weight is 252 g/mol. The molecule has 0 spiro atoms. The van der Waals surface area contributed by atoms with Gasteiger partial charge in [-0.2, -0.15) is 0 Å². The van der Waals surface area contributed by atoms with Crippen molar-refractivity contribution in [3.63, 3.8) is 0 Å². The van der Waals surface area contributed by atoms with E-state index in [0.717, 1.165) is 0 Å². The molecule has 0 aromatic rings. The molecule has 0 amide bonds. The maximum absolute atomic E-state index is 10.1. The van der Waals surface area contributed by atoms with Gasteiger partial charge in [-0.1, -0.05) is 6.92 Å². The highest BCUT2D eigenvalue weighted by Gasteiger charge is 2.12. The molecule has 1 atom stereocenters. The fourth-order valence-corrected chi connectivity index (χ4v) is 0.299. The van der Waals surface area contributed by atoms with E-state index >= 15 is 0 Å². The van der Waals surface area contributed by atoms with Crippen molar-refractivity contribution in [3.8, 4) is 0 Å². The van der Waals surface area contributed by atoms with Crippen LogP contribution in [0.25, 0.3) is 0 Å². The molecule has 0 fully saturated rings. The van der Waals surface area contributed by atoms with E-state index in [1.54, 1.807) is 13.8 Å². The molecule has 3 N–H and O–H groups in total. The summed E-state index contributed by atoms with van der Waals surface area (Å²) in [4.78, 5) is 29.4. The Morgan fingerprint density at radius 1 is 1.18 bits per heavy atom. The van der Waals surface area contributed by atoms with Crippen LogP contribution in [0.3, 0.4) is 0 Å². The predicted molar refractivity (Wildman–Crippen MR) is 59.6 cm³/mol. The van der Waals surface area contributed by atoms with Crippen molar-refractivity contribution in [2.75, 3.05) is 6.61 Å². The Bertz CT molecular complexity index is 225. The first kappa shape index (κ1) is 20.7. The Kier molecular flexibility index (Phi) is 17.5. The highest BCUT2D eigenvalue weighted by atomic mass is 16.6. The Morgan fingerprint density at radius 3 is 1.53 bits per heavy atom. The fraction of sp³-hybridized carbons (Fsp3) is 0.700. The van der Waals surface area contributed by atoms with Crippen LogP contribution < -0.4 is 0 Å². The van der Waals surface area contributed by atoms with Crippen molar-refractivity contribution < 1.29 is 34.4 Å². The molecule has 0 aromatic heterocycles. The van der Waals surface area contributed by atoms with Crippen molar-refractivity contribution in [2.45, 2.75) is 40.2 Å². The van der Waals surface area contributed by atoms with Gasteiger partial charge in [0.05, 0.1) is 0 Å². The van der Waals surface area contributed by atoms with Crippen LogP contribution in [0.2, 0.25) is 0 Å². The topological polar surface area (TPSA) is 121 Å². The van der Waals surface area contributed by atoms with Gasteiger partial charge in [-0.3, -0.25) is 9.59 Å². The molecule has 0 aromatic carbocycles. The van der Waals surface area contributed by atoms with E-state index in [0.29, 0.717) is 0 Å². The Morgan fingerprint density at radius 2 is 1.47 bits per heavy atom. The summed E-state index contributed by atoms with van der Waals surface area (Å²) in [5.74, 6) is -2.46. The third-order valence-corrected chi connectivity index (χ3v) is 0.993. The lowest BCUT2D eigenvalue weighted by Crippen LogP contribution is -2.21. The number of esters is 1. The number of aliphatic hydroxyl groups excluding tert-OH is 1. The van der Waals surface area contributed by atoms with E-state index in [-0.39, 0.29) is 13.0 Å². The quantitative estimate of drug-likeness (QED) is 0.625. The van der Waals surface area contributed by atoms with E-state index < -0.39 is 24.0 Å². The van der Waals surface area contributed by atoms with Gasteiger partial charge in [-0.25, -0.2) is 4.79 Å². The van der Waals surface area contributed by atoms with E-state index in [2.05, 4.69) is 4.74 Å². The number of hydrogen-bond acceptors (Lipinski definition) is 5. The smallest absolute Gasteiger partial charge is 0.344 e. The van der Waals surface area contributed by atoms with Gasteiger partial charge in [-0.15, -0.1) is 0 Å². The maximum atomic E-state index is 10.1. The van der Waals surface area contributed by atoms with E-state index in [1.165, 1.54) is 13.8 Å². The number of hydrogen-bond donors (Lipinski definition) is 3. The summed E-state index contributed by atoms with van der Waals surface area (Å²) < 4.78 is 4.27. The third-order valence-electron chi connectivity index (χ3n) is 0.993. The molecule has 0 rings (SSSR count). The highest BCUT2D eigenvalue weighted by molar-refractivity contribution is 5.76. The Hall–Kier alpha value is -1.63. The number of rotatable bonds is 3. The lowest BCUT2D eigenvalue weighted by molar-refractivity contribution is -0.161. The minimum Gasteiger partial charge on any atom is -0.481 e. The minimum absolute atomic E-state index is 0.222. The Balaban J connectivity index is -0.000000207. The van der Waals surface area contributed by atoms with Crippen LogP contribution in [0.1, 0.15) is 34.1 Å². The number of ether oxygens (including phenoxy) is 1. The van der Waals surface area contributed by atoms with Crippen molar-refractivity contribution >= 4 is 17.9 Å². The van der Waals surface area contributed by atoms with E-state index in [9.17, 15) is 14.4 Å². The van der Waals surface area contributed by atoms with Crippen LogP contribution in [0.4, 0.5) is 0 Å². The molecular formula is C10H20O7. The lowest BCUT2D eigenvalue weighted by Gasteiger charge is -2.04. The zero-order valence-corrected chi connectivity index (χ0v) is 10.5. The molecule has 0 aliphatic heterocycles. The zero-order chi connectivity index (χ0) is 14.4. The van der Waals surface area contributed by atoms with Crippen molar-refractivity contribution in [2.24, 2.45) is 0 Å². The van der Waals surface area contributed by atoms with Crippen molar-refractivity contribution in [3.05, 3.63) is 0 Å². The number of carbonyl (C=O) groups is 3. The molecule has 0 saturated carbocycles. The van der Waals surface area contributed by atoms with Gasteiger partial charge in [0.2, 0.25) is 0 Å². The van der Waals surface area contributed by atoms with Gasteiger partial charge in [0, 0.05) is 20.0 Å². The van der Waals surface area contributed by atoms with Gasteiger partial charge in [0.1, 0.15) is 0 Å². The molecule has 7 nitrogen and oxygen atoms in total. The van der Waals surface area contributed by atoms with Gasteiger partial charge < -0.3 is 20.1 Å². The molecule has 0 aliphatic rings. The normalized spacial score (nSPS) is 9.71. The minimum atomic E-state index is -1.13. The van der Waals surface area contributed by atoms with Crippen LogP contribution in [0.5, 0.6) is 0 Å². The highest BCUT2D eigenvalue weighted by Crippen LogP contribution is 1.89. The third kappa shape index (κ3) is 31.4. The maximum Gasteiger partial charge on any atom is 0.344 e. The molecule has 0 radical (unpaired) electrons. The predicted octanol–water partition coefficient (Wildman–Crippen LogP) is 0.502. The van der Waals surface area contributed by atoms with Crippen LogP contribution in [0, 0.1) is 0 Å². The van der Waals surface area contributed by atoms with Crippen molar-refractivity contribution in [1.82, 2.24) is 0 Å². The van der Waals surface area contributed by atoms with Crippen LogP contribution >= 0.6 is 0 Å².